The number of hydrogen-bond acceptors (Lipinski definition) is 8. The van der Waals surface area contributed by atoms with Gasteiger partial charge in [-0.2, -0.15) is 4.98 Å². The van der Waals surface area contributed by atoms with Gasteiger partial charge in [0.2, 0.25) is 17.6 Å². The average Bonchev–Trinajstić information content (AvgIpc) is 3.53. The quantitative estimate of drug-likeness (QED) is 0.368. The van der Waals surface area contributed by atoms with Gasteiger partial charge in [0, 0.05) is 45.7 Å². The normalized spacial score (nSPS) is 13.0. The number of anilines is 1. The molecule has 2 N–H and O–H groups in total. The third-order valence-electron chi connectivity index (χ3n) is 6.25. The number of carbonyl (C=O) groups is 2. The molecule has 1 aliphatic rings. The van der Waals surface area contributed by atoms with Crippen molar-refractivity contribution in [3.8, 4) is 11.4 Å². The van der Waals surface area contributed by atoms with Crippen LogP contribution in [0.1, 0.15) is 23.9 Å². The highest BCUT2D eigenvalue weighted by atomic mass is 35.5. The Morgan fingerprint density at radius 1 is 1.08 bits per heavy atom. The first-order valence-electron chi connectivity index (χ1n) is 12.3. The third kappa shape index (κ3) is 6.53. The van der Waals surface area contributed by atoms with Crippen LogP contribution in [0.15, 0.2) is 47.0 Å². The number of carbonyl (C=O) groups excluding carboxylic acids is 2. The third-order valence-corrected chi connectivity index (χ3v) is 6.57. The molecule has 2 aromatic carbocycles. The van der Waals surface area contributed by atoms with Crippen molar-refractivity contribution in [2.45, 2.75) is 26.9 Å². The Bertz CT molecular complexity index is 1220. The van der Waals surface area contributed by atoms with Crippen LogP contribution in [-0.4, -0.2) is 71.7 Å². The zero-order valence-corrected chi connectivity index (χ0v) is 22.1. The van der Waals surface area contributed by atoms with Crippen LogP contribution in [0.5, 0.6) is 0 Å². The van der Waals surface area contributed by atoms with Gasteiger partial charge < -0.3 is 14.7 Å². The van der Waals surface area contributed by atoms with Crippen LogP contribution in [0.4, 0.5) is 5.69 Å². The lowest BCUT2D eigenvalue weighted by Gasteiger charge is -2.28. The number of benzene rings is 2. The van der Waals surface area contributed by atoms with E-state index in [9.17, 15) is 9.59 Å². The molecule has 0 unspecified atom stereocenters. The maximum Gasteiger partial charge on any atom is 0.250 e. The second kappa shape index (κ2) is 12.3. The summed E-state index contributed by atoms with van der Waals surface area (Å²) >= 11 is 6.51. The molecule has 196 valence electrons. The predicted octanol–water partition coefficient (Wildman–Crippen LogP) is 2.62. The maximum absolute atomic E-state index is 13.3. The molecule has 37 heavy (non-hydrogen) atoms. The van der Waals surface area contributed by atoms with Crippen molar-refractivity contribution in [3.05, 3.63) is 64.5 Å². The molecule has 0 saturated heterocycles. The summed E-state index contributed by atoms with van der Waals surface area (Å²) in [5, 5.41) is 14.2. The second-order valence-electron chi connectivity index (χ2n) is 8.81. The minimum absolute atomic E-state index is 0.0200. The Hall–Kier alpha value is -3.31. The van der Waals surface area contributed by atoms with Crippen LogP contribution in [0, 0.1) is 6.92 Å². The van der Waals surface area contributed by atoms with Crippen molar-refractivity contribution in [3.63, 3.8) is 0 Å². The van der Waals surface area contributed by atoms with Crippen molar-refractivity contribution in [2.24, 2.45) is 0 Å². The first kappa shape index (κ1) is 26.7. The smallest absolute Gasteiger partial charge is 0.250 e. The van der Waals surface area contributed by atoms with Crippen molar-refractivity contribution in [2.75, 3.05) is 44.7 Å². The van der Waals surface area contributed by atoms with Crippen LogP contribution in [0.25, 0.3) is 11.4 Å². The number of likely N-dealkylation sites (N-methyl/N-ethyl adjacent to an activating group) is 2. The maximum atomic E-state index is 13.3. The van der Waals surface area contributed by atoms with E-state index < -0.39 is 0 Å². The molecule has 0 radical (unpaired) electrons. The number of aromatic nitrogens is 2. The minimum Gasteiger partial charge on any atom is -0.339 e. The fraction of sp³-hybridized carbons (Fsp3) is 0.385. The standard InChI is InChI=1S/C26H32ClN7O3/c1-4-28-11-12-34(23-13-19(9-10-22(23)27)26-30-18(2)37-31-26)25(36)15-29-14-24(35)32(3)33-16-20-7-5-6-8-21(20)17-33/h5-10,13,28-29H,4,11-12,14-17H2,1-3H3. The summed E-state index contributed by atoms with van der Waals surface area (Å²) < 4.78 is 5.09. The van der Waals surface area contributed by atoms with E-state index in [0.717, 1.165) is 6.54 Å². The van der Waals surface area contributed by atoms with Crippen molar-refractivity contribution >= 4 is 29.1 Å². The van der Waals surface area contributed by atoms with Gasteiger partial charge in [-0.05, 0) is 35.9 Å². The van der Waals surface area contributed by atoms with Gasteiger partial charge in [-0.15, -0.1) is 0 Å². The molecule has 2 heterocycles. The Morgan fingerprint density at radius 2 is 1.78 bits per heavy atom. The molecule has 4 rings (SSSR count). The number of fused-ring (bicyclic) bond motifs is 1. The van der Waals surface area contributed by atoms with E-state index in [1.165, 1.54) is 11.1 Å². The lowest BCUT2D eigenvalue weighted by atomic mass is 10.1. The lowest BCUT2D eigenvalue weighted by Crippen LogP contribution is -2.47. The SMILES string of the molecule is CCNCCN(C(=O)CNCC(=O)N(C)N1Cc2ccccc2C1)c1cc(-c2noc(C)n2)ccc1Cl. The average molecular weight is 526 g/mol. The molecule has 0 bridgehead atoms. The lowest BCUT2D eigenvalue weighted by molar-refractivity contribution is -0.145. The molecule has 0 saturated carbocycles. The molecule has 1 aromatic heterocycles. The fourth-order valence-electron chi connectivity index (χ4n) is 4.19. The molecule has 10 nitrogen and oxygen atoms in total. The van der Waals surface area contributed by atoms with Gasteiger partial charge in [-0.3, -0.25) is 19.9 Å². The van der Waals surface area contributed by atoms with Crippen LogP contribution in [0.3, 0.4) is 0 Å². The van der Waals surface area contributed by atoms with E-state index >= 15 is 0 Å². The summed E-state index contributed by atoms with van der Waals surface area (Å²) in [6.07, 6.45) is 0. The molecule has 0 aliphatic carbocycles. The summed E-state index contributed by atoms with van der Waals surface area (Å²) in [7, 11) is 1.76. The number of hydrogen-bond donors (Lipinski definition) is 2. The zero-order valence-electron chi connectivity index (χ0n) is 21.3. The van der Waals surface area contributed by atoms with E-state index in [2.05, 4.69) is 32.9 Å². The number of amides is 2. The molecule has 3 aromatic rings. The van der Waals surface area contributed by atoms with Crippen LogP contribution < -0.4 is 15.5 Å². The Balaban J connectivity index is 1.39. The van der Waals surface area contributed by atoms with Gasteiger partial charge in [0.25, 0.3) is 5.91 Å². The molecular formula is C26H32ClN7O3. The number of rotatable bonds is 11. The van der Waals surface area contributed by atoms with E-state index in [1.54, 1.807) is 42.1 Å². The Labute approximate surface area is 221 Å². The fourth-order valence-corrected chi connectivity index (χ4v) is 4.41. The van der Waals surface area contributed by atoms with E-state index in [0.29, 0.717) is 54.2 Å². The number of nitrogens with one attached hydrogen (secondary N) is 2. The molecule has 2 amide bonds. The van der Waals surface area contributed by atoms with Crippen molar-refractivity contribution in [1.82, 2.24) is 30.8 Å². The van der Waals surface area contributed by atoms with Gasteiger partial charge in [0.1, 0.15) is 0 Å². The monoisotopic (exact) mass is 525 g/mol. The van der Waals surface area contributed by atoms with Gasteiger partial charge in [-0.1, -0.05) is 47.9 Å². The highest BCUT2D eigenvalue weighted by molar-refractivity contribution is 6.34. The summed E-state index contributed by atoms with van der Waals surface area (Å²) in [5.41, 5.74) is 3.67. The minimum atomic E-state index is -0.203. The number of hydrazine groups is 1. The van der Waals surface area contributed by atoms with Crippen LogP contribution in [-0.2, 0) is 22.7 Å². The van der Waals surface area contributed by atoms with Crippen LogP contribution in [0.2, 0.25) is 5.02 Å². The predicted molar refractivity (Wildman–Crippen MR) is 142 cm³/mol. The van der Waals surface area contributed by atoms with Gasteiger partial charge >= 0.3 is 0 Å². The van der Waals surface area contributed by atoms with Crippen molar-refractivity contribution in [1.29, 1.82) is 0 Å². The zero-order chi connectivity index (χ0) is 26.4. The van der Waals surface area contributed by atoms with E-state index in [4.69, 9.17) is 16.1 Å². The number of aryl methyl sites for hydroxylation is 1. The largest absolute Gasteiger partial charge is 0.339 e. The van der Waals surface area contributed by atoms with Crippen LogP contribution >= 0.6 is 11.6 Å². The van der Waals surface area contributed by atoms with Gasteiger partial charge in [0.05, 0.1) is 23.8 Å². The second-order valence-corrected chi connectivity index (χ2v) is 9.22. The summed E-state index contributed by atoms with van der Waals surface area (Å²) in [5.74, 6) is 0.547. The van der Waals surface area contributed by atoms with Gasteiger partial charge in [-0.25, -0.2) is 5.01 Å². The Morgan fingerprint density at radius 3 is 2.43 bits per heavy atom. The number of nitrogens with zero attached hydrogens (tertiary/aromatic N) is 5. The molecule has 1 aliphatic heterocycles. The van der Waals surface area contributed by atoms with Gasteiger partial charge in [0.15, 0.2) is 0 Å². The topological polar surface area (TPSA) is 107 Å². The summed E-state index contributed by atoms with van der Waals surface area (Å²) in [6.45, 7) is 6.86. The summed E-state index contributed by atoms with van der Waals surface area (Å²) in [6, 6.07) is 13.4. The molecule has 11 heteroatoms. The molecular weight excluding hydrogens is 494 g/mol. The molecule has 0 fully saturated rings. The molecule has 0 atom stereocenters. The van der Waals surface area contributed by atoms with E-state index in [1.807, 2.05) is 24.1 Å². The molecule has 0 spiro atoms. The van der Waals surface area contributed by atoms with E-state index in [-0.39, 0.29) is 24.9 Å². The summed E-state index contributed by atoms with van der Waals surface area (Å²) in [4.78, 5) is 32.0. The Kier molecular flexibility index (Phi) is 8.88. The first-order valence-corrected chi connectivity index (χ1v) is 12.7. The number of halogens is 1. The highest BCUT2D eigenvalue weighted by Gasteiger charge is 2.25. The van der Waals surface area contributed by atoms with Crippen molar-refractivity contribution < 1.29 is 14.1 Å². The highest BCUT2D eigenvalue weighted by Crippen LogP contribution is 2.30. The first-order chi connectivity index (χ1) is 17.9.